The highest BCUT2D eigenvalue weighted by Gasteiger charge is 2.45. The van der Waals surface area contributed by atoms with Gasteiger partial charge in [-0.25, -0.2) is 0 Å². The molecule has 1 aliphatic rings. The van der Waals surface area contributed by atoms with Crippen molar-refractivity contribution in [2.75, 3.05) is 12.4 Å². The molecule has 1 heterocycles. The lowest BCUT2D eigenvalue weighted by Gasteiger charge is -2.36. The number of fused-ring (bicyclic) bond motifs is 3. The van der Waals surface area contributed by atoms with Gasteiger partial charge in [0, 0.05) is 23.3 Å². The van der Waals surface area contributed by atoms with E-state index in [1.54, 1.807) is 6.07 Å². The van der Waals surface area contributed by atoms with E-state index in [0.29, 0.717) is 29.9 Å². The number of para-hydroxylation sites is 1. The van der Waals surface area contributed by atoms with Crippen molar-refractivity contribution in [3.05, 3.63) is 36.4 Å². The Morgan fingerprint density at radius 2 is 1.96 bits per heavy atom. The van der Waals surface area contributed by atoms with Crippen LogP contribution in [0.15, 0.2) is 40.8 Å². The van der Waals surface area contributed by atoms with E-state index in [4.69, 9.17) is 9.15 Å². The van der Waals surface area contributed by atoms with Crippen LogP contribution in [0.2, 0.25) is 0 Å². The predicted octanol–water partition coefficient (Wildman–Crippen LogP) is 4.18. The van der Waals surface area contributed by atoms with Crippen molar-refractivity contribution in [2.45, 2.75) is 25.7 Å². The Hall–Kier alpha value is -3.02. The van der Waals surface area contributed by atoms with Gasteiger partial charge in [-0.05, 0) is 25.0 Å². The van der Waals surface area contributed by atoms with Gasteiger partial charge in [-0.15, -0.1) is 0 Å². The lowest BCUT2D eigenvalue weighted by molar-refractivity contribution is -0.157. The minimum Gasteiger partial charge on any atom is -0.495 e. The van der Waals surface area contributed by atoms with E-state index < -0.39 is 11.4 Å². The monoisotopic (exact) mass is 353 g/mol. The van der Waals surface area contributed by atoms with Crippen molar-refractivity contribution >= 4 is 39.5 Å². The standard InChI is InChI=1S/C20H19NO5/c1-25-17-9-13-12-5-2-3-6-15(12)26-16(13)10-14(17)21-18(22)11-20(19(23)24)7-4-8-20/h2-3,5-6,9-10H,4,7-8,11H2,1H3,(H,21,22)(H,23,24). The number of carbonyl (C=O) groups excluding carboxylic acids is 1. The first kappa shape index (κ1) is 16.4. The Morgan fingerprint density at radius 1 is 1.19 bits per heavy atom. The Bertz CT molecular complexity index is 1020. The zero-order chi connectivity index (χ0) is 18.3. The number of nitrogens with one attached hydrogen (secondary N) is 1. The van der Waals surface area contributed by atoms with Crippen LogP contribution in [0.4, 0.5) is 5.69 Å². The number of amides is 1. The summed E-state index contributed by atoms with van der Waals surface area (Å²) in [5.74, 6) is -0.727. The van der Waals surface area contributed by atoms with Gasteiger partial charge in [-0.2, -0.15) is 0 Å². The van der Waals surface area contributed by atoms with Gasteiger partial charge < -0.3 is 19.6 Å². The van der Waals surface area contributed by atoms with E-state index in [-0.39, 0.29) is 12.3 Å². The molecule has 0 atom stereocenters. The minimum atomic E-state index is -0.930. The number of carbonyl (C=O) groups is 2. The number of ether oxygens (including phenoxy) is 1. The quantitative estimate of drug-likeness (QED) is 0.718. The van der Waals surface area contributed by atoms with Crippen molar-refractivity contribution in [3.8, 4) is 5.75 Å². The second kappa shape index (κ2) is 6.05. The van der Waals surface area contributed by atoms with Crippen LogP contribution in [0.5, 0.6) is 5.75 Å². The maximum atomic E-state index is 12.4. The van der Waals surface area contributed by atoms with Gasteiger partial charge in [0.05, 0.1) is 18.2 Å². The summed E-state index contributed by atoms with van der Waals surface area (Å²) >= 11 is 0. The van der Waals surface area contributed by atoms with Gasteiger partial charge in [0.15, 0.2) is 0 Å². The number of aliphatic carboxylic acids is 1. The van der Waals surface area contributed by atoms with Crippen LogP contribution in [0.1, 0.15) is 25.7 Å². The number of methoxy groups -OCH3 is 1. The highest BCUT2D eigenvalue weighted by molar-refractivity contribution is 6.08. The fourth-order valence-corrected chi connectivity index (χ4v) is 3.59. The molecular weight excluding hydrogens is 334 g/mol. The van der Waals surface area contributed by atoms with Gasteiger partial charge in [0.2, 0.25) is 5.91 Å². The summed E-state index contributed by atoms with van der Waals surface area (Å²) in [6.45, 7) is 0. The fourth-order valence-electron chi connectivity index (χ4n) is 3.59. The lowest BCUT2D eigenvalue weighted by Crippen LogP contribution is -2.41. The summed E-state index contributed by atoms with van der Waals surface area (Å²) in [4.78, 5) is 23.9. The second-order valence-electron chi connectivity index (χ2n) is 6.81. The predicted molar refractivity (Wildman–Crippen MR) is 97.4 cm³/mol. The summed E-state index contributed by atoms with van der Waals surface area (Å²) in [5, 5.41) is 14.1. The number of carboxylic acids is 1. The van der Waals surface area contributed by atoms with Crippen molar-refractivity contribution < 1.29 is 23.8 Å². The van der Waals surface area contributed by atoms with E-state index in [0.717, 1.165) is 22.8 Å². The molecule has 2 N–H and O–H groups in total. The van der Waals surface area contributed by atoms with Gasteiger partial charge in [-0.3, -0.25) is 9.59 Å². The Labute approximate surface area is 149 Å². The molecule has 0 unspecified atom stereocenters. The summed E-state index contributed by atoms with van der Waals surface area (Å²) in [6, 6.07) is 11.2. The number of carboxylic acid groups (broad SMARTS) is 1. The summed E-state index contributed by atoms with van der Waals surface area (Å²) in [5.41, 5.74) is 0.941. The average Bonchev–Trinajstić information content (AvgIpc) is 2.94. The van der Waals surface area contributed by atoms with Crippen molar-refractivity contribution in [3.63, 3.8) is 0 Å². The molecule has 1 amide bonds. The van der Waals surface area contributed by atoms with E-state index in [9.17, 15) is 14.7 Å². The van der Waals surface area contributed by atoms with Gasteiger partial charge in [0.25, 0.3) is 0 Å². The molecule has 0 bridgehead atoms. The van der Waals surface area contributed by atoms with E-state index in [2.05, 4.69) is 5.32 Å². The second-order valence-corrected chi connectivity index (χ2v) is 6.81. The first-order chi connectivity index (χ1) is 12.5. The Morgan fingerprint density at radius 3 is 2.62 bits per heavy atom. The fraction of sp³-hybridized carbons (Fsp3) is 0.300. The molecule has 0 saturated heterocycles. The lowest BCUT2D eigenvalue weighted by atomic mass is 9.66. The van der Waals surface area contributed by atoms with Crippen LogP contribution in [-0.4, -0.2) is 24.1 Å². The highest BCUT2D eigenvalue weighted by Crippen LogP contribution is 2.44. The molecule has 0 radical (unpaired) electrons. The molecule has 1 fully saturated rings. The molecule has 6 heteroatoms. The molecule has 2 aromatic carbocycles. The van der Waals surface area contributed by atoms with E-state index in [1.807, 2.05) is 30.3 Å². The Kier molecular flexibility index (Phi) is 3.83. The first-order valence-electron chi connectivity index (χ1n) is 8.55. The third kappa shape index (κ3) is 2.58. The van der Waals surface area contributed by atoms with Gasteiger partial charge in [-0.1, -0.05) is 24.6 Å². The number of rotatable bonds is 5. The van der Waals surface area contributed by atoms with Crippen LogP contribution in [0.25, 0.3) is 21.9 Å². The number of furan rings is 1. The van der Waals surface area contributed by atoms with Crippen LogP contribution >= 0.6 is 0 Å². The first-order valence-corrected chi connectivity index (χ1v) is 8.55. The summed E-state index contributed by atoms with van der Waals surface area (Å²) < 4.78 is 11.3. The SMILES string of the molecule is COc1cc2c(cc1NC(=O)CC1(C(=O)O)CCC1)oc1ccccc12. The van der Waals surface area contributed by atoms with Crippen LogP contribution in [-0.2, 0) is 9.59 Å². The van der Waals surface area contributed by atoms with E-state index >= 15 is 0 Å². The number of hydrogen-bond acceptors (Lipinski definition) is 4. The van der Waals surface area contributed by atoms with Gasteiger partial charge >= 0.3 is 5.97 Å². The van der Waals surface area contributed by atoms with Gasteiger partial charge in [0.1, 0.15) is 16.9 Å². The maximum Gasteiger partial charge on any atom is 0.310 e. The highest BCUT2D eigenvalue weighted by atomic mass is 16.5. The average molecular weight is 353 g/mol. The summed E-state index contributed by atoms with van der Waals surface area (Å²) in [6.07, 6.45) is 1.88. The molecule has 26 heavy (non-hydrogen) atoms. The van der Waals surface area contributed by atoms with Crippen molar-refractivity contribution in [2.24, 2.45) is 5.41 Å². The molecule has 4 rings (SSSR count). The van der Waals surface area contributed by atoms with Crippen molar-refractivity contribution in [1.29, 1.82) is 0 Å². The number of anilines is 1. The molecule has 134 valence electrons. The smallest absolute Gasteiger partial charge is 0.310 e. The van der Waals surface area contributed by atoms with Crippen LogP contribution in [0, 0.1) is 5.41 Å². The molecule has 1 aliphatic carbocycles. The Balaban J connectivity index is 1.66. The largest absolute Gasteiger partial charge is 0.495 e. The number of benzene rings is 2. The molecule has 0 spiro atoms. The third-order valence-electron chi connectivity index (χ3n) is 5.24. The number of hydrogen-bond donors (Lipinski definition) is 2. The third-order valence-corrected chi connectivity index (χ3v) is 5.24. The zero-order valence-corrected chi connectivity index (χ0v) is 14.4. The minimum absolute atomic E-state index is 0.0380. The summed E-state index contributed by atoms with van der Waals surface area (Å²) in [7, 11) is 1.53. The normalized spacial score (nSPS) is 15.6. The molecule has 1 saturated carbocycles. The molecule has 3 aromatic rings. The molecule has 0 aliphatic heterocycles. The molecule has 6 nitrogen and oxygen atoms in total. The topological polar surface area (TPSA) is 88.8 Å². The van der Waals surface area contributed by atoms with Crippen LogP contribution < -0.4 is 10.1 Å². The zero-order valence-electron chi connectivity index (χ0n) is 14.4. The van der Waals surface area contributed by atoms with Crippen molar-refractivity contribution in [1.82, 2.24) is 0 Å². The molecular formula is C20H19NO5. The maximum absolute atomic E-state index is 12.4. The molecule has 1 aromatic heterocycles. The van der Waals surface area contributed by atoms with Crippen LogP contribution in [0.3, 0.4) is 0 Å². The van der Waals surface area contributed by atoms with E-state index in [1.165, 1.54) is 7.11 Å².